The maximum absolute atomic E-state index is 13.1. The number of carbonyl (C=O) groups is 1. The number of aromatic nitrogens is 2. The summed E-state index contributed by atoms with van der Waals surface area (Å²) < 4.78 is 20.1. The second-order valence-corrected chi connectivity index (χ2v) is 8.42. The summed E-state index contributed by atoms with van der Waals surface area (Å²) in [5.74, 6) is -0.433. The van der Waals surface area contributed by atoms with Crippen LogP contribution in [0.4, 0.5) is 4.39 Å². The molecule has 9 nitrogen and oxygen atoms in total. The summed E-state index contributed by atoms with van der Waals surface area (Å²) >= 11 is 0. The van der Waals surface area contributed by atoms with Crippen LogP contribution < -0.4 is 11.2 Å². The molecule has 0 bridgehead atoms. The fourth-order valence-electron chi connectivity index (χ4n) is 4.08. The minimum Gasteiger partial charge on any atom is -0.390 e. The van der Waals surface area contributed by atoms with E-state index in [9.17, 15) is 23.9 Å². The highest BCUT2D eigenvalue weighted by Crippen LogP contribution is 2.28. The highest BCUT2D eigenvalue weighted by Gasteiger charge is 2.34. The number of ether oxygens (including phenoxy) is 1. The lowest BCUT2D eigenvalue weighted by atomic mass is 10.1. The predicted octanol–water partition coefficient (Wildman–Crippen LogP) is 0.533. The van der Waals surface area contributed by atoms with Gasteiger partial charge in [0.15, 0.2) is 0 Å². The lowest BCUT2D eigenvalue weighted by molar-refractivity contribution is -0.127. The van der Waals surface area contributed by atoms with Crippen molar-refractivity contribution in [3.63, 3.8) is 0 Å². The first-order valence-electron chi connectivity index (χ1n) is 10.9. The second kappa shape index (κ2) is 9.82. The van der Waals surface area contributed by atoms with E-state index in [-0.39, 0.29) is 18.1 Å². The van der Waals surface area contributed by atoms with Crippen LogP contribution in [0.3, 0.4) is 0 Å². The number of H-pyrrole nitrogens is 1. The molecule has 3 atom stereocenters. The zero-order chi connectivity index (χ0) is 23.5. The summed E-state index contributed by atoms with van der Waals surface area (Å²) in [5.41, 5.74) is 0.312. The van der Waals surface area contributed by atoms with E-state index in [4.69, 9.17) is 4.74 Å². The molecule has 33 heavy (non-hydrogen) atoms. The third kappa shape index (κ3) is 5.47. The Bertz CT molecular complexity index is 1130. The number of aliphatic hydroxyl groups is 1. The molecule has 2 fully saturated rings. The Balaban J connectivity index is 1.30. The van der Waals surface area contributed by atoms with Gasteiger partial charge in [0.05, 0.1) is 6.10 Å². The topological polar surface area (TPSA) is 108 Å². The number of nitrogens with one attached hydrogen (secondary N) is 1. The number of benzene rings is 1. The summed E-state index contributed by atoms with van der Waals surface area (Å²) in [6.45, 7) is 4.81. The van der Waals surface area contributed by atoms with E-state index in [1.807, 2.05) is 0 Å². The van der Waals surface area contributed by atoms with E-state index in [0.717, 1.165) is 5.56 Å². The van der Waals surface area contributed by atoms with Crippen molar-refractivity contribution in [2.45, 2.75) is 38.3 Å². The molecule has 2 aliphatic heterocycles. The molecular formula is C23H27FN4O5. The van der Waals surface area contributed by atoms with Crippen molar-refractivity contribution in [1.29, 1.82) is 0 Å². The van der Waals surface area contributed by atoms with Crippen LogP contribution >= 0.6 is 0 Å². The Labute approximate surface area is 189 Å². The lowest BCUT2D eigenvalue weighted by Gasteiger charge is -2.34. The molecule has 0 aliphatic carbocycles. The van der Waals surface area contributed by atoms with Crippen molar-refractivity contribution in [2.24, 2.45) is 0 Å². The third-order valence-electron chi connectivity index (χ3n) is 6.02. The molecule has 0 saturated carbocycles. The van der Waals surface area contributed by atoms with Gasteiger partial charge in [0.2, 0.25) is 5.91 Å². The first kappa shape index (κ1) is 23.1. The number of aliphatic hydroxyl groups excluding tert-OH is 1. The number of nitrogens with zero attached hydrogens (tertiary/aromatic N) is 3. The largest absolute Gasteiger partial charge is 0.390 e. The fraction of sp³-hybridized carbons (Fsp3) is 0.435. The van der Waals surface area contributed by atoms with E-state index in [0.29, 0.717) is 38.3 Å². The Morgan fingerprint density at radius 1 is 1.21 bits per heavy atom. The number of hydrogen-bond donors (Lipinski definition) is 2. The van der Waals surface area contributed by atoms with Crippen LogP contribution in [0.5, 0.6) is 0 Å². The minimum absolute atomic E-state index is 0.163. The molecule has 10 heteroatoms. The second-order valence-electron chi connectivity index (χ2n) is 8.42. The van der Waals surface area contributed by atoms with Gasteiger partial charge in [-0.05, 0) is 30.7 Å². The number of rotatable bonds is 5. The first-order valence-corrected chi connectivity index (χ1v) is 10.9. The van der Waals surface area contributed by atoms with E-state index < -0.39 is 29.7 Å². The first-order chi connectivity index (χ1) is 15.8. The lowest BCUT2D eigenvalue weighted by Crippen LogP contribution is -2.47. The molecule has 1 aromatic heterocycles. The van der Waals surface area contributed by atoms with E-state index >= 15 is 0 Å². The summed E-state index contributed by atoms with van der Waals surface area (Å²) in [7, 11) is 0. The van der Waals surface area contributed by atoms with Crippen LogP contribution in [0.25, 0.3) is 0 Å². The quantitative estimate of drug-likeness (QED) is 0.633. The molecule has 1 aromatic carbocycles. The summed E-state index contributed by atoms with van der Waals surface area (Å²) in [5, 5.41) is 10.3. The Hall–Kier alpha value is -3.08. The predicted molar refractivity (Wildman–Crippen MR) is 118 cm³/mol. The van der Waals surface area contributed by atoms with Crippen LogP contribution in [0, 0.1) is 12.7 Å². The van der Waals surface area contributed by atoms with Gasteiger partial charge in [0.25, 0.3) is 5.56 Å². The minimum atomic E-state index is -0.884. The molecule has 2 saturated heterocycles. The molecule has 4 rings (SSSR count). The highest BCUT2D eigenvalue weighted by atomic mass is 19.1. The molecule has 0 radical (unpaired) electrons. The van der Waals surface area contributed by atoms with Gasteiger partial charge in [-0.2, -0.15) is 0 Å². The van der Waals surface area contributed by atoms with Crippen LogP contribution in [-0.2, 0) is 16.1 Å². The summed E-state index contributed by atoms with van der Waals surface area (Å²) in [6.07, 6.45) is 2.12. The van der Waals surface area contributed by atoms with Crippen LogP contribution in [-0.4, -0.2) is 68.8 Å². The maximum Gasteiger partial charge on any atom is 0.330 e. The summed E-state index contributed by atoms with van der Waals surface area (Å²) in [6, 6.07) is 6.41. The van der Waals surface area contributed by atoms with E-state index in [1.165, 1.54) is 35.0 Å². The third-order valence-corrected chi connectivity index (χ3v) is 6.02. The number of halogens is 1. The molecule has 2 N–H and O–H groups in total. The highest BCUT2D eigenvalue weighted by molar-refractivity contribution is 5.87. The molecule has 2 aromatic rings. The van der Waals surface area contributed by atoms with Gasteiger partial charge in [0.1, 0.15) is 18.1 Å². The van der Waals surface area contributed by atoms with Gasteiger partial charge in [-0.1, -0.05) is 12.1 Å². The number of aromatic amines is 1. The molecule has 0 unspecified atom stereocenters. The average molecular weight is 458 g/mol. The van der Waals surface area contributed by atoms with Crippen molar-refractivity contribution in [2.75, 3.05) is 26.2 Å². The van der Waals surface area contributed by atoms with Gasteiger partial charge < -0.3 is 14.7 Å². The smallest absolute Gasteiger partial charge is 0.330 e. The number of amides is 1. The molecule has 176 valence electrons. The van der Waals surface area contributed by atoms with Gasteiger partial charge in [-0.25, -0.2) is 9.18 Å². The Kier molecular flexibility index (Phi) is 6.87. The van der Waals surface area contributed by atoms with Gasteiger partial charge in [0, 0.05) is 57.0 Å². The molecule has 3 heterocycles. The van der Waals surface area contributed by atoms with E-state index in [1.54, 1.807) is 24.0 Å². The van der Waals surface area contributed by atoms with Crippen molar-refractivity contribution in [1.82, 2.24) is 19.4 Å². The SMILES string of the molecule is Cc1cn([C@H]2C[C@H](O)[C@@H](/C=C/C(=O)N3CCN(Cc4ccc(F)cc4)CC3)O2)c(=O)[nH]c1=O. The van der Waals surface area contributed by atoms with Crippen molar-refractivity contribution >= 4 is 5.91 Å². The molecule has 1 amide bonds. The summed E-state index contributed by atoms with van der Waals surface area (Å²) in [4.78, 5) is 42.4. The standard InChI is InChI=1S/C23H27FN4O5/c1-15-13-28(23(32)25-22(15)31)21-12-18(29)19(33-21)6-7-20(30)27-10-8-26(9-11-27)14-16-2-4-17(24)5-3-16/h2-7,13,18-19,21,29H,8-12,14H2,1H3,(H,25,31,32)/b7-6+/t18-,19+,21+/m0/s1. The van der Waals surface area contributed by atoms with Gasteiger partial charge in [-0.15, -0.1) is 0 Å². The average Bonchev–Trinajstić information content (AvgIpc) is 3.17. The Morgan fingerprint density at radius 2 is 1.91 bits per heavy atom. The van der Waals surface area contributed by atoms with Crippen LogP contribution in [0.2, 0.25) is 0 Å². The van der Waals surface area contributed by atoms with E-state index in [2.05, 4.69) is 9.88 Å². The van der Waals surface area contributed by atoms with Crippen molar-refractivity contribution < 1.29 is 19.0 Å². The molecule has 2 aliphatic rings. The van der Waals surface area contributed by atoms with Crippen molar-refractivity contribution in [3.05, 3.63) is 80.4 Å². The number of piperazine rings is 1. The normalized spacial score (nSPS) is 24.0. The number of aryl methyl sites for hydroxylation is 1. The maximum atomic E-state index is 13.1. The van der Waals surface area contributed by atoms with Crippen LogP contribution in [0.15, 0.2) is 52.2 Å². The molecule has 0 spiro atoms. The molecular weight excluding hydrogens is 431 g/mol. The van der Waals surface area contributed by atoms with Gasteiger partial charge in [-0.3, -0.25) is 24.0 Å². The van der Waals surface area contributed by atoms with Crippen molar-refractivity contribution in [3.8, 4) is 0 Å². The zero-order valence-corrected chi connectivity index (χ0v) is 18.3. The number of hydrogen-bond acceptors (Lipinski definition) is 6. The Morgan fingerprint density at radius 3 is 2.61 bits per heavy atom. The zero-order valence-electron chi connectivity index (χ0n) is 18.3. The fourth-order valence-corrected chi connectivity index (χ4v) is 4.08. The van der Waals surface area contributed by atoms with Crippen LogP contribution in [0.1, 0.15) is 23.8 Å². The van der Waals surface area contributed by atoms with Gasteiger partial charge >= 0.3 is 5.69 Å². The number of carbonyl (C=O) groups excluding carboxylic acids is 1. The monoisotopic (exact) mass is 458 g/mol.